The number of hydrogen-bond donors (Lipinski definition) is 1. The average molecular weight is 168 g/mol. The van der Waals surface area contributed by atoms with Gasteiger partial charge in [-0.25, -0.2) is 0 Å². The molecule has 1 rings (SSSR count). The van der Waals surface area contributed by atoms with E-state index in [0.29, 0.717) is 11.8 Å². The molecule has 0 spiro atoms. The molecule has 1 aromatic rings. The van der Waals surface area contributed by atoms with Gasteiger partial charge in [0.1, 0.15) is 0 Å². The SMILES string of the molecule is CC(C)C(CO)Cc1ccoc1. The molecule has 0 aromatic carbocycles. The van der Waals surface area contributed by atoms with Crippen LogP contribution >= 0.6 is 0 Å². The Morgan fingerprint density at radius 1 is 1.50 bits per heavy atom. The van der Waals surface area contributed by atoms with Gasteiger partial charge in [0.15, 0.2) is 0 Å². The molecule has 1 unspecified atom stereocenters. The van der Waals surface area contributed by atoms with E-state index in [0.717, 1.165) is 6.42 Å². The number of rotatable bonds is 4. The molecule has 1 aromatic heterocycles. The monoisotopic (exact) mass is 168 g/mol. The van der Waals surface area contributed by atoms with Crippen molar-refractivity contribution in [1.82, 2.24) is 0 Å². The standard InChI is InChI=1S/C10H16O2/c1-8(2)10(6-11)5-9-3-4-12-7-9/h3-4,7-8,10-11H,5-6H2,1-2H3. The lowest BCUT2D eigenvalue weighted by Crippen LogP contribution is -2.15. The van der Waals surface area contributed by atoms with Crippen LogP contribution in [0.15, 0.2) is 23.0 Å². The van der Waals surface area contributed by atoms with Gasteiger partial charge in [-0.05, 0) is 29.9 Å². The molecule has 0 saturated heterocycles. The van der Waals surface area contributed by atoms with Gasteiger partial charge < -0.3 is 9.52 Å². The summed E-state index contributed by atoms with van der Waals surface area (Å²) in [6.07, 6.45) is 4.32. The van der Waals surface area contributed by atoms with Gasteiger partial charge in [-0.2, -0.15) is 0 Å². The summed E-state index contributed by atoms with van der Waals surface area (Å²) in [7, 11) is 0. The van der Waals surface area contributed by atoms with Gasteiger partial charge in [0.05, 0.1) is 12.5 Å². The molecule has 0 radical (unpaired) electrons. The Kier molecular flexibility index (Phi) is 3.35. The van der Waals surface area contributed by atoms with Crippen molar-refractivity contribution in [1.29, 1.82) is 0 Å². The van der Waals surface area contributed by atoms with E-state index >= 15 is 0 Å². The molecule has 1 heterocycles. The van der Waals surface area contributed by atoms with Crippen molar-refractivity contribution in [2.24, 2.45) is 11.8 Å². The minimum Gasteiger partial charge on any atom is -0.472 e. The van der Waals surface area contributed by atoms with E-state index in [9.17, 15) is 0 Å². The van der Waals surface area contributed by atoms with Crippen LogP contribution in [0, 0.1) is 11.8 Å². The van der Waals surface area contributed by atoms with Gasteiger partial charge >= 0.3 is 0 Å². The molecule has 0 aliphatic rings. The molecule has 1 N–H and O–H groups in total. The molecule has 0 fully saturated rings. The summed E-state index contributed by atoms with van der Waals surface area (Å²) in [5.41, 5.74) is 1.17. The van der Waals surface area contributed by atoms with Gasteiger partial charge in [-0.1, -0.05) is 13.8 Å². The van der Waals surface area contributed by atoms with Crippen molar-refractivity contribution in [3.63, 3.8) is 0 Å². The van der Waals surface area contributed by atoms with Crippen LogP contribution < -0.4 is 0 Å². The number of aliphatic hydroxyl groups is 1. The highest BCUT2D eigenvalue weighted by molar-refractivity contribution is 5.06. The fraction of sp³-hybridized carbons (Fsp3) is 0.600. The van der Waals surface area contributed by atoms with Crippen LogP contribution in [0.1, 0.15) is 19.4 Å². The van der Waals surface area contributed by atoms with E-state index < -0.39 is 0 Å². The summed E-state index contributed by atoms with van der Waals surface area (Å²) in [5.74, 6) is 0.868. The zero-order valence-corrected chi connectivity index (χ0v) is 7.66. The summed E-state index contributed by atoms with van der Waals surface area (Å²) in [6.45, 7) is 4.50. The second-order valence-electron chi connectivity index (χ2n) is 3.52. The highest BCUT2D eigenvalue weighted by Crippen LogP contribution is 2.16. The van der Waals surface area contributed by atoms with Crippen molar-refractivity contribution in [2.75, 3.05) is 6.61 Å². The second-order valence-corrected chi connectivity index (χ2v) is 3.52. The molecule has 0 aliphatic heterocycles. The molecule has 12 heavy (non-hydrogen) atoms. The van der Waals surface area contributed by atoms with Crippen LogP contribution in [0.2, 0.25) is 0 Å². The fourth-order valence-corrected chi connectivity index (χ4v) is 1.22. The summed E-state index contributed by atoms with van der Waals surface area (Å²) in [4.78, 5) is 0. The Morgan fingerprint density at radius 2 is 2.25 bits per heavy atom. The van der Waals surface area contributed by atoms with Crippen LogP contribution in [-0.4, -0.2) is 11.7 Å². The predicted octanol–water partition coefficient (Wildman–Crippen LogP) is 2.09. The van der Waals surface area contributed by atoms with Crippen molar-refractivity contribution >= 4 is 0 Å². The minimum absolute atomic E-state index is 0.253. The van der Waals surface area contributed by atoms with Crippen LogP contribution in [0.4, 0.5) is 0 Å². The third-order valence-electron chi connectivity index (χ3n) is 2.26. The summed E-state index contributed by atoms with van der Waals surface area (Å²) < 4.78 is 4.96. The zero-order chi connectivity index (χ0) is 8.97. The molecule has 0 saturated carbocycles. The van der Waals surface area contributed by atoms with Crippen LogP contribution in [-0.2, 0) is 6.42 Å². The summed E-state index contributed by atoms with van der Waals surface area (Å²) in [6, 6.07) is 1.95. The number of hydrogen-bond acceptors (Lipinski definition) is 2. The van der Waals surface area contributed by atoms with Gasteiger partial charge in [-0.15, -0.1) is 0 Å². The first kappa shape index (κ1) is 9.33. The Labute approximate surface area is 73.2 Å². The Bertz CT molecular complexity index is 202. The molecule has 2 heteroatoms. The van der Waals surface area contributed by atoms with Crippen molar-refractivity contribution in [3.8, 4) is 0 Å². The number of furan rings is 1. The lowest BCUT2D eigenvalue weighted by Gasteiger charge is -2.16. The maximum atomic E-state index is 9.06. The maximum absolute atomic E-state index is 9.06. The first-order valence-electron chi connectivity index (χ1n) is 4.36. The van der Waals surface area contributed by atoms with E-state index in [2.05, 4.69) is 13.8 Å². The molecule has 1 atom stereocenters. The largest absolute Gasteiger partial charge is 0.472 e. The van der Waals surface area contributed by atoms with Crippen LogP contribution in [0.25, 0.3) is 0 Å². The van der Waals surface area contributed by atoms with Gasteiger partial charge in [0, 0.05) is 6.61 Å². The van der Waals surface area contributed by atoms with Gasteiger partial charge in [-0.3, -0.25) is 0 Å². The lowest BCUT2D eigenvalue weighted by molar-refractivity contribution is 0.189. The highest BCUT2D eigenvalue weighted by atomic mass is 16.3. The third-order valence-corrected chi connectivity index (χ3v) is 2.26. The Hall–Kier alpha value is -0.760. The molecule has 0 amide bonds. The van der Waals surface area contributed by atoms with Gasteiger partial charge in [0.2, 0.25) is 0 Å². The van der Waals surface area contributed by atoms with E-state index in [1.54, 1.807) is 12.5 Å². The Balaban J connectivity index is 2.48. The number of aliphatic hydroxyl groups excluding tert-OH is 1. The van der Waals surface area contributed by atoms with Crippen molar-refractivity contribution < 1.29 is 9.52 Å². The predicted molar refractivity (Wildman–Crippen MR) is 47.8 cm³/mol. The molecular formula is C10H16O2. The van der Waals surface area contributed by atoms with E-state index in [1.165, 1.54) is 5.56 Å². The molecule has 0 aliphatic carbocycles. The van der Waals surface area contributed by atoms with Crippen LogP contribution in [0.5, 0.6) is 0 Å². The highest BCUT2D eigenvalue weighted by Gasteiger charge is 2.12. The summed E-state index contributed by atoms with van der Waals surface area (Å²) in [5, 5.41) is 9.06. The average Bonchev–Trinajstić information content (AvgIpc) is 2.51. The van der Waals surface area contributed by atoms with E-state index in [4.69, 9.17) is 9.52 Å². The lowest BCUT2D eigenvalue weighted by atomic mass is 9.91. The molecule has 2 nitrogen and oxygen atoms in total. The summed E-state index contributed by atoms with van der Waals surface area (Å²) >= 11 is 0. The topological polar surface area (TPSA) is 33.4 Å². The second kappa shape index (κ2) is 4.31. The first-order valence-corrected chi connectivity index (χ1v) is 4.36. The molecule has 68 valence electrons. The molecular weight excluding hydrogens is 152 g/mol. The quantitative estimate of drug-likeness (QED) is 0.746. The maximum Gasteiger partial charge on any atom is 0.0934 e. The van der Waals surface area contributed by atoms with E-state index in [1.807, 2.05) is 6.07 Å². The van der Waals surface area contributed by atoms with Crippen LogP contribution in [0.3, 0.4) is 0 Å². The van der Waals surface area contributed by atoms with Crippen molar-refractivity contribution in [3.05, 3.63) is 24.2 Å². The molecule has 0 bridgehead atoms. The smallest absolute Gasteiger partial charge is 0.0934 e. The third kappa shape index (κ3) is 2.38. The van der Waals surface area contributed by atoms with E-state index in [-0.39, 0.29) is 6.61 Å². The first-order chi connectivity index (χ1) is 5.74. The Morgan fingerprint density at radius 3 is 2.67 bits per heavy atom. The van der Waals surface area contributed by atoms with Gasteiger partial charge in [0.25, 0.3) is 0 Å². The minimum atomic E-state index is 0.253. The fourth-order valence-electron chi connectivity index (χ4n) is 1.22. The zero-order valence-electron chi connectivity index (χ0n) is 7.66. The van der Waals surface area contributed by atoms with Crippen molar-refractivity contribution in [2.45, 2.75) is 20.3 Å². The normalized spacial score (nSPS) is 13.7.